The lowest BCUT2D eigenvalue weighted by atomic mass is 10.2. The lowest BCUT2D eigenvalue weighted by molar-refractivity contribution is -0.385. The molecule has 0 fully saturated rings. The number of rotatable bonds is 3. The number of nitriles is 1. The lowest BCUT2D eigenvalue weighted by Gasteiger charge is -2.11. The van der Waals surface area contributed by atoms with Crippen LogP contribution in [0.1, 0.15) is 5.56 Å². The number of hydrogen-bond acceptors (Lipinski definition) is 6. The molecule has 0 heterocycles. The van der Waals surface area contributed by atoms with Gasteiger partial charge in [0.2, 0.25) is 0 Å². The van der Waals surface area contributed by atoms with E-state index in [4.69, 9.17) is 15.9 Å². The Morgan fingerprint density at radius 3 is 2.30 bits per heavy atom. The van der Waals surface area contributed by atoms with E-state index in [9.17, 15) is 31.7 Å². The highest BCUT2D eigenvalue weighted by Gasteiger charge is 2.35. The maximum Gasteiger partial charge on any atom is 0.573 e. The van der Waals surface area contributed by atoms with Gasteiger partial charge in [-0.2, -0.15) is 5.26 Å². The Morgan fingerprint density at radius 2 is 1.95 bits per heavy atom. The Hall–Kier alpha value is -2.06. The highest BCUT2D eigenvalue weighted by Crippen LogP contribution is 2.35. The van der Waals surface area contributed by atoms with Gasteiger partial charge in [0.15, 0.2) is 11.3 Å². The van der Waals surface area contributed by atoms with Crippen LogP contribution in [0.15, 0.2) is 17.0 Å². The first-order valence-corrected chi connectivity index (χ1v) is 6.69. The van der Waals surface area contributed by atoms with Crippen LogP contribution in [0.2, 0.25) is 0 Å². The van der Waals surface area contributed by atoms with Gasteiger partial charge in [0.25, 0.3) is 14.7 Å². The second-order valence-electron chi connectivity index (χ2n) is 3.17. The molecule has 1 aromatic rings. The minimum atomic E-state index is -5.27. The number of ether oxygens (including phenoxy) is 1. The van der Waals surface area contributed by atoms with E-state index in [1.54, 1.807) is 0 Å². The monoisotopic (exact) mass is 330 g/mol. The summed E-state index contributed by atoms with van der Waals surface area (Å²) in [6.45, 7) is 0. The molecule has 0 saturated carbocycles. The Kier molecular flexibility index (Phi) is 4.11. The fourth-order valence-corrected chi connectivity index (χ4v) is 1.95. The van der Waals surface area contributed by atoms with Crippen LogP contribution in [0, 0.1) is 21.4 Å². The molecule has 0 radical (unpaired) electrons. The maximum absolute atomic E-state index is 12.1. The molecule has 0 unspecified atom stereocenters. The maximum atomic E-state index is 12.1. The summed E-state index contributed by atoms with van der Waals surface area (Å²) >= 11 is 0. The van der Waals surface area contributed by atoms with Gasteiger partial charge in [0, 0.05) is 22.8 Å². The van der Waals surface area contributed by atoms with Crippen molar-refractivity contribution in [2.75, 3.05) is 0 Å². The summed E-state index contributed by atoms with van der Waals surface area (Å²) < 4.78 is 61.9. The van der Waals surface area contributed by atoms with Gasteiger partial charge in [-0.1, -0.05) is 0 Å². The molecule has 7 nitrogen and oxygen atoms in total. The van der Waals surface area contributed by atoms with Crippen LogP contribution in [0.3, 0.4) is 0 Å². The fraction of sp³-hybridized carbons (Fsp3) is 0.125. The number of benzene rings is 1. The highest BCUT2D eigenvalue weighted by molar-refractivity contribution is 8.13. The summed E-state index contributed by atoms with van der Waals surface area (Å²) in [5.74, 6) is -1.33. The van der Waals surface area contributed by atoms with Crippen molar-refractivity contribution in [1.82, 2.24) is 0 Å². The van der Waals surface area contributed by atoms with E-state index >= 15 is 0 Å². The van der Waals surface area contributed by atoms with E-state index in [0.29, 0.717) is 6.07 Å². The summed E-state index contributed by atoms with van der Waals surface area (Å²) in [5, 5.41) is 19.3. The molecule has 12 heteroatoms. The van der Waals surface area contributed by atoms with Gasteiger partial charge >= 0.3 is 6.36 Å². The molecule has 0 bridgehead atoms. The van der Waals surface area contributed by atoms with Crippen LogP contribution in [-0.4, -0.2) is 19.7 Å². The molecule has 0 aromatic heterocycles. The largest absolute Gasteiger partial charge is 0.573 e. The number of alkyl halides is 3. The highest BCUT2D eigenvalue weighted by atomic mass is 35.7. The van der Waals surface area contributed by atoms with E-state index in [1.807, 2.05) is 0 Å². The molecule has 0 aliphatic rings. The first-order chi connectivity index (χ1) is 8.95. The van der Waals surface area contributed by atoms with Gasteiger partial charge in [-0.3, -0.25) is 10.1 Å². The molecule has 0 saturated heterocycles. The molecule has 108 valence electrons. The van der Waals surface area contributed by atoms with Crippen molar-refractivity contribution in [1.29, 1.82) is 5.26 Å². The minimum Gasteiger partial charge on any atom is -0.404 e. The predicted octanol–water partition coefficient (Wildman–Crippen LogP) is 2.29. The summed E-state index contributed by atoms with van der Waals surface area (Å²) in [5.41, 5.74) is -2.25. The van der Waals surface area contributed by atoms with E-state index in [-0.39, 0.29) is 6.07 Å². The average Bonchev–Trinajstić information content (AvgIpc) is 2.24. The number of hydrogen-bond donors (Lipinski definition) is 0. The summed E-state index contributed by atoms with van der Waals surface area (Å²) in [7, 11) is 0.353. The number of halogens is 4. The van der Waals surface area contributed by atoms with E-state index in [1.165, 1.54) is 0 Å². The number of nitro benzene ring substituents is 1. The summed E-state index contributed by atoms with van der Waals surface area (Å²) in [6, 6.07) is 1.79. The number of nitrogens with zero attached hydrogens (tertiary/aromatic N) is 2. The van der Waals surface area contributed by atoms with Gasteiger partial charge in [0.05, 0.1) is 9.82 Å². The van der Waals surface area contributed by atoms with Crippen molar-refractivity contribution in [3.63, 3.8) is 0 Å². The molecule has 1 aromatic carbocycles. The molecule has 0 spiro atoms. The third-order valence-corrected chi connectivity index (χ3v) is 3.20. The van der Waals surface area contributed by atoms with Crippen LogP contribution in [0.5, 0.6) is 5.75 Å². The van der Waals surface area contributed by atoms with Crippen LogP contribution >= 0.6 is 10.7 Å². The minimum absolute atomic E-state index is 0.279. The van der Waals surface area contributed by atoms with Crippen molar-refractivity contribution < 1.29 is 31.2 Å². The van der Waals surface area contributed by atoms with E-state index < -0.39 is 42.2 Å². The molecule has 0 amide bonds. The Bertz CT molecular complexity index is 710. The first kappa shape index (κ1) is 16.0. The van der Waals surface area contributed by atoms with E-state index in [2.05, 4.69) is 4.74 Å². The van der Waals surface area contributed by atoms with Crippen molar-refractivity contribution in [2.45, 2.75) is 11.3 Å². The number of nitro groups is 1. The van der Waals surface area contributed by atoms with Gasteiger partial charge in [-0.25, -0.2) is 8.42 Å². The van der Waals surface area contributed by atoms with Gasteiger partial charge in [-0.05, 0) is 0 Å². The van der Waals surface area contributed by atoms with Crippen molar-refractivity contribution in [2.24, 2.45) is 0 Å². The standard InChI is InChI=1S/C8H2ClF3N2O5S/c9-20(17,18)4-1-6(14(15)16)5(3-13)7(2-4)19-8(10,11)12/h1-2H. The van der Waals surface area contributed by atoms with E-state index in [0.717, 1.165) is 6.07 Å². The molecular weight excluding hydrogens is 329 g/mol. The van der Waals surface area contributed by atoms with Gasteiger partial charge in [0.1, 0.15) is 6.07 Å². The zero-order valence-corrected chi connectivity index (χ0v) is 10.6. The Balaban J connectivity index is 3.68. The normalized spacial score (nSPS) is 11.8. The fourth-order valence-electron chi connectivity index (χ4n) is 1.18. The first-order valence-electron chi connectivity index (χ1n) is 4.38. The lowest BCUT2D eigenvalue weighted by Crippen LogP contribution is -2.18. The van der Waals surface area contributed by atoms with Crippen LogP contribution in [0.4, 0.5) is 18.9 Å². The predicted molar refractivity (Wildman–Crippen MR) is 57.5 cm³/mol. The second kappa shape index (κ2) is 5.14. The third kappa shape index (κ3) is 3.72. The zero-order valence-electron chi connectivity index (χ0n) is 9.01. The summed E-state index contributed by atoms with van der Waals surface area (Å²) in [6.07, 6.45) is -5.27. The molecule has 0 aliphatic heterocycles. The molecule has 1 rings (SSSR count). The van der Waals surface area contributed by atoms with Crippen molar-refractivity contribution >= 4 is 25.4 Å². The van der Waals surface area contributed by atoms with Crippen LogP contribution in [-0.2, 0) is 9.05 Å². The topological polar surface area (TPSA) is 110 Å². The molecule has 20 heavy (non-hydrogen) atoms. The van der Waals surface area contributed by atoms with Crippen LogP contribution < -0.4 is 4.74 Å². The van der Waals surface area contributed by atoms with Crippen molar-refractivity contribution in [3.05, 3.63) is 27.8 Å². The molecule has 0 N–H and O–H groups in total. The average molecular weight is 331 g/mol. The second-order valence-corrected chi connectivity index (χ2v) is 5.74. The SMILES string of the molecule is N#Cc1c(OC(F)(F)F)cc(S(=O)(=O)Cl)cc1[N+](=O)[O-]. The third-order valence-electron chi connectivity index (χ3n) is 1.87. The van der Waals surface area contributed by atoms with Gasteiger partial charge < -0.3 is 4.74 Å². The Labute approximate surface area is 113 Å². The quantitative estimate of drug-likeness (QED) is 0.477. The molecule has 0 aliphatic carbocycles. The van der Waals surface area contributed by atoms with Gasteiger partial charge in [-0.15, -0.1) is 13.2 Å². The Morgan fingerprint density at radius 1 is 1.40 bits per heavy atom. The van der Waals surface area contributed by atoms with Crippen LogP contribution in [0.25, 0.3) is 0 Å². The molecular formula is C8H2ClF3N2O5S. The summed E-state index contributed by atoms with van der Waals surface area (Å²) in [4.78, 5) is 8.43. The molecule has 0 atom stereocenters. The smallest absolute Gasteiger partial charge is 0.404 e. The van der Waals surface area contributed by atoms with Crippen molar-refractivity contribution in [3.8, 4) is 11.8 Å². The zero-order chi connectivity index (χ0) is 15.7.